The second-order valence-corrected chi connectivity index (χ2v) is 3.33. The molecule has 0 aromatic heterocycles. The van der Waals surface area contributed by atoms with E-state index in [0.717, 1.165) is 11.9 Å². The number of ether oxygens (including phenoxy) is 1. The first-order valence-corrected chi connectivity index (χ1v) is 4.23. The Morgan fingerprint density at radius 3 is 3.00 bits per heavy atom. The second kappa shape index (κ2) is 3.77. The number of cyclic esters (lactones) is 1. The molecule has 0 radical (unpaired) electrons. The highest BCUT2D eigenvalue weighted by Crippen LogP contribution is 2.20. The first kappa shape index (κ1) is 9.34. The Morgan fingerprint density at radius 2 is 2.50 bits per heavy atom. The summed E-state index contributed by atoms with van der Waals surface area (Å²) in [5, 5.41) is 8.18. The molecule has 1 unspecified atom stereocenters. The average Bonchev–Trinajstić information content (AvgIpc) is 2.03. The second-order valence-electron chi connectivity index (χ2n) is 2.34. The van der Waals surface area contributed by atoms with Gasteiger partial charge in [0.05, 0.1) is 0 Å². The number of carboxylic acids is 1. The Balaban J connectivity index is 2.51. The number of carbonyl (C=O) groups excluding carboxylic acids is 1. The lowest BCUT2D eigenvalue weighted by molar-refractivity contribution is -0.140. The lowest BCUT2D eigenvalue weighted by atomic mass is 10.3. The van der Waals surface area contributed by atoms with Crippen LogP contribution in [0.5, 0.6) is 0 Å². The zero-order chi connectivity index (χ0) is 9.14. The average molecular weight is 191 g/mol. The first-order chi connectivity index (χ1) is 5.61. The highest BCUT2D eigenvalue weighted by Gasteiger charge is 2.27. The molecule has 6 heteroatoms. The molecule has 1 atom stereocenters. The Morgan fingerprint density at radius 1 is 1.83 bits per heavy atom. The molecule has 1 saturated heterocycles. The molecule has 1 rings (SSSR count). The van der Waals surface area contributed by atoms with E-state index in [-0.39, 0.29) is 6.61 Å². The quantitative estimate of drug-likeness (QED) is 0.508. The number of aliphatic carboxylic acids is 1. The van der Waals surface area contributed by atoms with Crippen LogP contribution in [0.25, 0.3) is 0 Å². The summed E-state index contributed by atoms with van der Waals surface area (Å²) in [6, 6.07) is -0.650. The highest BCUT2D eigenvalue weighted by atomic mass is 32.2. The van der Waals surface area contributed by atoms with E-state index in [2.05, 4.69) is 4.74 Å². The standard InChI is InChI=1S/C6H9NO4S/c1-4(5(8)9)7-2-3-11-6(10)12-7/h4H,2-3H2,1H3,(H,8,9). The third-order valence-corrected chi connectivity index (χ3v) is 2.51. The number of hydrogen-bond acceptors (Lipinski definition) is 5. The van der Waals surface area contributed by atoms with Gasteiger partial charge in [0.15, 0.2) is 0 Å². The lowest BCUT2D eigenvalue weighted by Crippen LogP contribution is -2.39. The molecule has 0 aliphatic carbocycles. The Bertz CT molecular complexity index is 206. The predicted octanol–water partition coefficient (Wildman–Crippen LogP) is 0.560. The Hall–Kier alpha value is -0.750. The third kappa shape index (κ3) is 2.12. The Kier molecular flexibility index (Phi) is 2.93. The summed E-state index contributed by atoms with van der Waals surface area (Å²) in [5.41, 5.74) is 0. The maximum Gasteiger partial charge on any atom is 0.382 e. The van der Waals surface area contributed by atoms with Crippen LogP contribution < -0.4 is 0 Å². The van der Waals surface area contributed by atoms with Gasteiger partial charge < -0.3 is 9.84 Å². The van der Waals surface area contributed by atoms with Gasteiger partial charge in [0, 0.05) is 18.5 Å². The van der Waals surface area contributed by atoms with E-state index in [1.54, 1.807) is 0 Å². The molecule has 5 nitrogen and oxygen atoms in total. The van der Waals surface area contributed by atoms with Crippen LogP contribution in [-0.4, -0.2) is 39.9 Å². The number of rotatable bonds is 2. The molecule has 0 spiro atoms. The number of hydrogen-bond donors (Lipinski definition) is 1. The zero-order valence-electron chi connectivity index (χ0n) is 6.52. The molecule has 1 N–H and O–H groups in total. The summed E-state index contributed by atoms with van der Waals surface area (Å²) in [4.78, 5) is 21.2. The van der Waals surface area contributed by atoms with E-state index in [4.69, 9.17) is 5.11 Å². The van der Waals surface area contributed by atoms with Gasteiger partial charge in [0.2, 0.25) is 0 Å². The number of carboxylic acid groups (broad SMARTS) is 1. The highest BCUT2D eigenvalue weighted by molar-refractivity contribution is 8.11. The van der Waals surface area contributed by atoms with Crippen molar-refractivity contribution in [2.75, 3.05) is 13.2 Å². The molecule has 1 aliphatic heterocycles. The van der Waals surface area contributed by atoms with Gasteiger partial charge in [-0.25, -0.2) is 9.10 Å². The molecule has 0 aromatic rings. The van der Waals surface area contributed by atoms with E-state index < -0.39 is 17.3 Å². The fraction of sp³-hybridized carbons (Fsp3) is 0.667. The van der Waals surface area contributed by atoms with Crippen LogP contribution in [0, 0.1) is 0 Å². The monoisotopic (exact) mass is 191 g/mol. The minimum atomic E-state index is -0.933. The fourth-order valence-corrected chi connectivity index (χ4v) is 1.52. The van der Waals surface area contributed by atoms with Crippen LogP contribution in [0.2, 0.25) is 0 Å². The maximum atomic E-state index is 10.7. The normalized spacial score (nSPS) is 21.6. The minimum Gasteiger partial charge on any atom is -0.480 e. The first-order valence-electron chi connectivity index (χ1n) is 3.45. The van der Waals surface area contributed by atoms with Crippen LogP contribution in [0.4, 0.5) is 4.79 Å². The molecule has 1 heterocycles. The van der Waals surface area contributed by atoms with Crippen LogP contribution in [0.3, 0.4) is 0 Å². The predicted molar refractivity (Wildman–Crippen MR) is 42.7 cm³/mol. The topological polar surface area (TPSA) is 66.8 Å². The van der Waals surface area contributed by atoms with Crippen LogP contribution >= 0.6 is 11.9 Å². The van der Waals surface area contributed by atoms with Gasteiger partial charge in [0.25, 0.3) is 0 Å². The summed E-state index contributed by atoms with van der Waals surface area (Å²) in [6.45, 7) is 2.27. The van der Waals surface area contributed by atoms with Crippen molar-refractivity contribution >= 4 is 23.2 Å². The third-order valence-electron chi connectivity index (χ3n) is 1.51. The summed E-state index contributed by atoms with van der Waals surface area (Å²) in [7, 11) is 0. The molecule has 68 valence electrons. The van der Waals surface area contributed by atoms with Crippen molar-refractivity contribution in [1.29, 1.82) is 0 Å². The summed E-state index contributed by atoms with van der Waals surface area (Å²) in [6.07, 6.45) is 0. The summed E-state index contributed by atoms with van der Waals surface area (Å²) < 4.78 is 6.12. The smallest absolute Gasteiger partial charge is 0.382 e. The minimum absolute atomic E-state index is 0.267. The molecule has 12 heavy (non-hydrogen) atoms. The van der Waals surface area contributed by atoms with Crippen molar-refractivity contribution < 1.29 is 19.4 Å². The van der Waals surface area contributed by atoms with Gasteiger partial charge in [-0.2, -0.15) is 0 Å². The summed E-state index contributed by atoms with van der Waals surface area (Å²) in [5.74, 6) is -0.933. The van der Waals surface area contributed by atoms with Crippen LogP contribution in [0.1, 0.15) is 6.92 Å². The Labute approximate surface area is 73.8 Å². The molecule has 0 bridgehead atoms. The van der Waals surface area contributed by atoms with Crippen molar-refractivity contribution in [2.24, 2.45) is 0 Å². The van der Waals surface area contributed by atoms with Gasteiger partial charge in [-0.05, 0) is 6.92 Å². The van der Waals surface area contributed by atoms with Crippen molar-refractivity contribution in [2.45, 2.75) is 13.0 Å². The van der Waals surface area contributed by atoms with Crippen LogP contribution in [-0.2, 0) is 9.53 Å². The van der Waals surface area contributed by atoms with Gasteiger partial charge in [-0.15, -0.1) is 0 Å². The van der Waals surface area contributed by atoms with Crippen LogP contribution in [0.15, 0.2) is 0 Å². The van der Waals surface area contributed by atoms with Gasteiger partial charge in [-0.1, -0.05) is 0 Å². The maximum absolute atomic E-state index is 10.7. The molecule has 1 fully saturated rings. The number of nitrogens with zero attached hydrogens (tertiary/aromatic N) is 1. The SMILES string of the molecule is CC(C(=O)O)N1CCOC(=O)S1. The fourth-order valence-electron chi connectivity index (χ4n) is 0.783. The van der Waals surface area contributed by atoms with E-state index >= 15 is 0 Å². The van der Waals surface area contributed by atoms with Crippen molar-refractivity contribution in [3.63, 3.8) is 0 Å². The van der Waals surface area contributed by atoms with Gasteiger partial charge in [-0.3, -0.25) is 4.79 Å². The van der Waals surface area contributed by atoms with Crippen molar-refractivity contribution in [3.05, 3.63) is 0 Å². The lowest BCUT2D eigenvalue weighted by Gasteiger charge is -2.26. The zero-order valence-corrected chi connectivity index (χ0v) is 7.34. The number of carbonyl (C=O) groups is 2. The molecule has 1 aliphatic rings. The molecular weight excluding hydrogens is 182 g/mol. The van der Waals surface area contributed by atoms with E-state index in [0.29, 0.717) is 6.54 Å². The van der Waals surface area contributed by atoms with E-state index in [1.165, 1.54) is 11.2 Å². The molecule has 0 saturated carbocycles. The van der Waals surface area contributed by atoms with Crippen molar-refractivity contribution in [1.82, 2.24) is 4.31 Å². The van der Waals surface area contributed by atoms with Crippen molar-refractivity contribution in [3.8, 4) is 0 Å². The van der Waals surface area contributed by atoms with E-state index in [1.807, 2.05) is 0 Å². The summed E-state index contributed by atoms with van der Waals surface area (Å²) >= 11 is 0.814. The van der Waals surface area contributed by atoms with E-state index in [9.17, 15) is 9.59 Å². The molecule has 0 aromatic carbocycles. The largest absolute Gasteiger partial charge is 0.480 e. The molecule has 0 amide bonds. The molecular formula is C6H9NO4S. The van der Waals surface area contributed by atoms with Gasteiger partial charge >= 0.3 is 11.3 Å². The van der Waals surface area contributed by atoms with Gasteiger partial charge in [0.1, 0.15) is 12.6 Å².